The molecule has 0 bridgehead atoms. The second-order valence-corrected chi connectivity index (χ2v) is 8.31. The van der Waals surface area contributed by atoms with E-state index in [1.54, 1.807) is 19.1 Å². The molecule has 0 fully saturated rings. The zero-order valence-electron chi connectivity index (χ0n) is 19.4. The van der Waals surface area contributed by atoms with Crippen LogP contribution in [0.1, 0.15) is 12.5 Å². The van der Waals surface area contributed by atoms with Gasteiger partial charge in [0.15, 0.2) is 0 Å². The molecule has 2 aromatic heterocycles. The van der Waals surface area contributed by atoms with Crippen molar-refractivity contribution in [2.24, 2.45) is 5.73 Å². The molecular weight excluding hydrogens is 506 g/mol. The zero-order chi connectivity index (χ0) is 26.7. The van der Waals surface area contributed by atoms with E-state index >= 15 is 0 Å². The van der Waals surface area contributed by atoms with E-state index < -0.39 is 23.2 Å². The van der Waals surface area contributed by atoms with Crippen molar-refractivity contribution in [3.63, 3.8) is 0 Å². The Morgan fingerprint density at radius 2 is 1.89 bits per heavy atom. The number of anilines is 3. The first-order chi connectivity index (χ1) is 17.7. The van der Waals surface area contributed by atoms with Crippen LogP contribution in [0.4, 0.5) is 30.8 Å². The maximum atomic E-state index is 14.7. The molecule has 2 heterocycles. The molecule has 12 heteroatoms. The number of nitrogens with two attached hydrogens (primary N) is 1. The number of aryl methyl sites for hydroxylation is 1. The maximum absolute atomic E-state index is 14.7. The summed E-state index contributed by atoms with van der Waals surface area (Å²) in [5.41, 5.74) is 6.18. The fraction of sp³-hybridized carbons (Fsp3) is 0.120. The summed E-state index contributed by atoms with van der Waals surface area (Å²) in [6, 6.07) is 8.42. The van der Waals surface area contributed by atoms with E-state index in [-0.39, 0.29) is 45.5 Å². The molecule has 0 atom stereocenters. The highest BCUT2D eigenvalue weighted by Crippen LogP contribution is 2.33. The van der Waals surface area contributed by atoms with Gasteiger partial charge in [-0.05, 0) is 43.3 Å². The molecular formula is C25H21ClF2N6O3. The average Bonchev–Trinajstić information content (AvgIpc) is 2.87. The lowest BCUT2D eigenvalue weighted by Gasteiger charge is -2.15. The van der Waals surface area contributed by atoms with Gasteiger partial charge in [0.05, 0.1) is 16.2 Å². The van der Waals surface area contributed by atoms with Gasteiger partial charge in [-0.25, -0.2) is 18.6 Å². The van der Waals surface area contributed by atoms with Crippen LogP contribution >= 0.6 is 11.6 Å². The summed E-state index contributed by atoms with van der Waals surface area (Å²) in [7, 11) is 0. The molecule has 0 saturated heterocycles. The van der Waals surface area contributed by atoms with Gasteiger partial charge in [-0.1, -0.05) is 11.6 Å². The number of amides is 3. The Balaban J connectivity index is 1.72. The standard InChI is InChI=1S/C25H21ClF2N6O3/c1-2-34-22-9-23(31-12-35)30-11-14(22)6-17(24(34)36)16-7-21(20(28)8-18(16)26)33-25(37)32-15-3-4-19(27)13(5-15)10-29/h3-9,11-12H,2,10,29H2,1H3,(H,30,31,35)(H2,32,33,37). The molecule has 0 aliphatic heterocycles. The summed E-state index contributed by atoms with van der Waals surface area (Å²) in [6.07, 6.45) is 1.96. The van der Waals surface area contributed by atoms with Gasteiger partial charge in [0, 0.05) is 53.1 Å². The third-order valence-corrected chi connectivity index (χ3v) is 5.93. The quantitative estimate of drug-likeness (QED) is 0.260. The van der Waals surface area contributed by atoms with Crippen LogP contribution in [0.25, 0.3) is 22.0 Å². The van der Waals surface area contributed by atoms with Crippen molar-refractivity contribution in [1.29, 1.82) is 0 Å². The molecule has 0 saturated carbocycles. The first-order valence-electron chi connectivity index (χ1n) is 11.0. The van der Waals surface area contributed by atoms with Crippen molar-refractivity contribution >= 4 is 52.1 Å². The highest BCUT2D eigenvalue weighted by Gasteiger charge is 2.18. The number of pyridine rings is 2. The SMILES string of the molecule is CCn1c(=O)c(-c2cc(NC(=O)Nc3ccc(F)c(CN)c3)c(F)cc2Cl)cc2cnc(NC=O)cc21. The van der Waals surface area contributed by atoms with Gasteiger partial charge in [0.2, 0.25) is 6.41 Å². The zero-order valence-corrected chi connectivity index (χ0v) is 20.2. The summed E-state index contributed by atoms with van der Waals surface area (Å²) >= 11 is 6.31. The van der Waals surface area contributed by atoms with Crippen molar-refractivity contribution in [2.45, 2.75) is 20.0 Å². The largest absolute Gasteiger partial charge is 0.326 e. The van der Waals surface area contributed by atoms with Crippen LogP contribution in [0.15, 0.2) is 53.5 Å². The molecule has 37 heavy (non-hydrogen) atoms. The Labute approximate surface area is 214 Å². The lowest BCUT2D eigenvalue weighted by atomic mass is 10.0. The smallest absolute Gasteiger partial charge is 0.323 e. The maximum Gasteiger partial charge on any atom is 0.323 e. The molecule has 9 nitrogen and oxygen atoms in total. The Morgan fingerprint density at radius 1 is 1.11 bits per heavy atom. The first kappa shape index (κ1) is 25.7. The van der Waals surface area contributed by atoms with Crippen LogP contribution < -0.4 is 27.2 Å². The van der Waals surface area contributed by atoms with Crippen molar-refractivity contribution in [3.05, 3.63) is 81.2 Å². The predicted molar refractivity (Wildman–Crippen MR) is 139 cm³/mol. The number of nitrogens with one attached hydrogen (secondary N) is 3. The van der Waals surface area contributed by atoms with E-state index in [2.05, 4.69) is 20.9 Å². The van der Waals surface area contributed by atoms with E-state index in [0.717, 1.165) is 12.1 Å². The number of rotatable bonds is 7. The number of halogens is 3. The molecule has 0 spiro atoms. The summed E-state index contributed by atoms with van der Waals surface area (Å²) in [6.45, 7) is 2.00. The fourth-order valence-corrected chi connectivity index (χ4v) is 4.12. The highest BCUT2D eigenvalue weighted by atomic mass is 35.5. The number of urea groups is 1. The number of aromatic nitrogens is 2. The Kier molecular flexibility index (Phi) is 7.46. The van der Waals surface area contributed by atoms with Crippen molar-refractivity contribution in [2.75, 3.05) is 16.0 Å². The Hall–Kier alpha value is -4.35. The molecule has 0 radical (unpaired) electrons. The summed E-state index contributed by atoms with van der Waals surface area (Å²) in [5, 5.41) is 7.85. The van der Waals surface area contributed by atoms with Gasteiger partial charge in [-0.2, -0.15) is 0 Å². The summed E-state index contributed by atoms with van der Waals surface area (Å²) in [4.78, 5) is 40.8. The fourth-order valence-electron chi connectivity index (χ4n) is 3.86. The van der Waals surface area contributed by atoms with E-state index in [4.69, 9.17) is 17.3 Å². The second kappa shape index (κ2) is 10.7. The summed E-state index contributed by atoms with van der Waals surface area (Å²) < 4.78 is 29.8. The first-order valence-corrected chi connectivity index (χ1v) is 11.4. The minimum absolute atomic E-state index is 0.0408. The van der Waals surface area contributed by atoms with Crippen LogP contribution in [-0.4, -0.2) is 22.0 Å². The number of carbonyl (C=O) groups is 2. The number of benzene rings is 2. The van der Waals surface area contributed by atoms with Crippen molar-refractivity contribution in [1.82, 2.24) is 9.55 Å². The lowest BCUT2D eigenvalue weighted by Crippen LogP contribution is -2.22. The lowest BCUT2D eigenvalue weighted by molar-refractivity contribution is -0.105. The molecule has 0 unspecified atom stereocenters. The molecule has 0 aliphatic carbocycles. The number of nitrogens with zero attached hydrogens (tertiary/aromatic N) is 2. The van der Waals surface area contributed by atoms with E-state index in [1.807, 2.05) is 0 Å². The molecule has 4 aromatic rings. The number of carbonyl (C=O) groups excluding carboxylic acids is 2. The van der Waals surface area contributed by atoms with Gasteiger partial charge < -0.3 is 26.3 Å². The van der Waals surface area contributed by atoms with Crippen molar-refractivity contribution < 1.29 is 18.4 Å². The number of fused-ring (bicyclic) bond motifs is 1. The van der Waals surface area contributed by atoms with Crippen LogP contribution in [0.2, 0.25) is 5.02 Å². The highest BCUT2D eigenvalue weighted by molar-refractivity contribution is 6.33. The normalized spacial score (nSPS) is 10.8. The number of hydrogen-bond acceptors (Lipinski definition) is 5. The van der Waals surface area contributed by atoms with E-state index in [1.165, 1.54) is 29.0 Å². The monoisotopic (exact) mass is 526 g/mol. The predicted octanol–water partition coefficient (Wildman–Crippen LogP) is 4.69. The molecule has 190 valence electrons. The van der Waals surface area contributed by atoms with E-state index in [0.29, 0.717) is 23.9 Å². The van der Waals surface area contributed by atoms with Gasteiger partial charge in [0.1, 0.15) is 17.5 Å². The molecule has 5 N–H and O–H groups in total. The molecule has 3 amide bonds. The average molecular weight is 527 g/mol. The van der Waals surface area contributed by atoms with Gasteiger partial charge in [-0.3, -0.25) is 9.59 Å². The van der Waals surface area contributed by atoms with Gasteiger partial charge in [0.25, 0.3) is 5.56 Å². The van der Waals surface area contributed by atoms with Crippen molar-refractivity contribution in [3.8, 4) is 11.1 Å². The molecule has 2 aromatic carbocycles. The van der Waals surface area contributed by atoms with Crippen LogP contribution in [-0.2, 0) is 17.9 Å². The van der Waals surface area contributed by atoms with E-state index in [9.17, 15) is 23.2 Å². The summed E-state index contributed by atoms with van der Waals surface area (Å²) in [5.74, 6) is -1.07. The third kappa shape index (κ3) is 5.27. The minimum Gasteiger partial charge on any atom is -0.326 e. The second-order valence-electron chi connectivity index (χ2n) is 7.90. The molecule has 4 rings (SSSR count). The third-order valence-electron chi connectivity index (χ3n) is 5.62. The van der Waals surface area contributed by atoms with Crippen LogP contribution in [0.3, 0.4) is 0 Å². The topological polar surface area (TPSA) is 131 Å². The van der Waals surface area contributed by atoms with Gasteiger partial charge in [-0.15, -0.1) is 0 Å². The molecule has 0 aliphatic rings. The van der Waals surface area contributed by atoms with Gasteiger partial charge >= 0.3 is 6.03 Å². The van der Waals surface area contributed by atoms with Crippen LogP contribution in [0.5, 0.6) is 0 Å². The number of hydrogen-bond donors (Lipinski definition) is 4. The minimum atomic E-state index is -0.825. The Morgan fingerprint density at radius 3 is 2.59 bits per heavy atom. The Bertz CT molecular complexity index is 1590. The van der Waals surface area contributed by atoms with Crippen LogP contribution in [0, 0.1) is 11.6 Å².